The van der Waals surface area contributed by atoms with Gasteiger partial charge in [-0.05, 0) is 23.3 Å². The molecule has 0 aliphatic carbocycles. The van der Waals surface area contributed by atoms with Crippen molar-refractivity contribution >= 4 is 29.0 Å². The van der Waals surface area contributed by atoms with E-state index in [0.717, 1.165) is 11.1 Å². The molecule has 0 aliphatic rings. The van der Waals surface area contributed by atoms with Gasteiger partial charge in [-0.3, -0.25) is 0 Å². The maximum atomic E-state index is 12.2. The van der Waals surface area contributed by atoms with Crippen molar-refractivity contribution in [3.63, 3.8) is 0 Å². The van der Waals surface area contributed by atoms with Gasteiger partial charge >= 0.3 is 5.97 Å². The van der Waals surface area contributed by atoms with Gasteiger partial charge in [-0.15, -0.1) is 0 Å². The molecule has 0 saturated heterocycles. The Morgan fingerprint density at radius 2 is 1.45 bits per heavy atom. The normalized spacial score (nSPS) is 10.5. The average molecular weight is 440 g/mol. The maximum absolute atomic E-state index is 12.2. The molecule has 0 fully saturated rings. The molecule has 0 radical (unpaired) electrons. The van der Waals surface area contributed by atoms with Gasteiger partial charge in [0.2, 0.25) is 0 Å². The first-order valence-electron chi connectivity index (χ1n) is 10.5. The zero-order valence-corrected chi connectivity index (χ0v) is 18.3. The molecule has 0 atom stereocenters. The van der Waals surface area contributed by atoms with E-state index in [9.17, 15) is 4.79 Å². The molecular formula is C26H25N5O2. The van der Waals surface area contributed by atoms with Crippen molar-refractivity contribution in [2.75, 3.05) is 23.1 Å². The van der Waals surface area contributed by atoms with E-state index in [0.29, 0.717) is 41.7 Å². The van der Waals surface area contributed by atoms with E-state index in [4.69, 9.17) is 10.5 Å². The summed E-state index contributed by atoms with van der Waals surface area (Å²) < 4.78 is 4.89. The average Bonchev–Trinajstić information content (AvgIpc) is 2.86. The predicted octanol–water partition coefficient (Wildman–Crippen LogP) is 4.80. The highest BCUT2D eigenvalue weighted by Crippen LogP contribution is 2.31. The number of nitrogens with two attached hydrogens (primary N) is 1. The summed E-state index contributed by atoms with van der Waals surface area (Å²) in [5, 5.41) is 3.18. The van der Waals surface area contributed by atoms with Gasteiger partial charge < -0.3 is 20.7 Å². The van der Waals surface area contributed by atoms with Crippen LogP contribution in [-0.4, -0.2) is 23.0 Å². The number of hydrogen-bond acceptors (Lipinski definition) is 7. The number of carbonyl (C=O) groups is 1. The lowest BCUT2D eigenvalue weighted by molar-refractivity contribution is 0.0602. The molecule has 33 heavy (non-hydrogen) atoms. The largest absolute Gasteiger partial charge is 0.465 e. The molecule has 7 nitrogen and oxygen atoms in total. The van der Waals surface area contributed by atoms with Crippen molar-refractivity contribution in [3.05, 3.63) is 108 Å². The summed E-state index contributed by atoms with van der Waals surface area (Å²) in [4.78, 5) is 23.1. The Balaban J connectivity index is 1.69. The van der Waals surface area contributed by atoms with Crippen molar-refractivity contribution in [2.24, 2.45) is 0 Å². The van der Waals surface area contributed by atoms with E-state index in [2.05, 4.69) is 44.5 Å². The standard InChI is InChI=1S/C26H25N5O2/c1-33-26(32)21-14-8-9-15-22(21)30-24-23(27)25(29-18-28-24)31(16-19-10-4-2-5-11-19)17-20-12-6-3-7-13-20/h2-15,18H,16-17,27H2,1H3,(H,28,29,30). The van der Waals surface area contributed by atoms with Crippen molar-refractivity contribution in [2.45, 2.75) is 13.1 Å². The van der Waals surface area contributed by atoms with Crippen LogP contribution in [0, 0.1) is 0 Å². The Hall–Kier alpha value is -4.39. The molecule has 166 valence electrons. The molecule has 0 amide bonds. The van der Waals surface area contributed by atoms with Crippen LogP contribution in [0.25, 0.3) is 0 Å². The lowest BCUT2D eigenvalue weighted by Gasteiger charge is -2.26. The molecule has 0 saturated carbocycles. The number of para-hydroxylation sites is 1. The number of benzene rings is 3. The minimum Gasteiger partial charge on any atom is -0.465 e. The molecule has 7 heteroatoms. The first kappa shape index (κ1) is 21.8. The molecule has 1 aromatic heterocycles. The number of rotatable bonds is 8. The fraction of sp³-hybridized carbons (Fsp3) is 0.115. The molecule has 1 heterocycles. The second-order valence-electron chi connectivity index (χ2n) is 7.45. The van der Waals surface area contributed by atoms with Crippen LogP contribution in [0.5, 0.6) is 0 Å². The van der Waals surface area contributed by atoms with Crippen LogP contribution in [0.4, 0.5) is 23.0 Å². The number of nitrogen functional groups attached to an aromatic ring is 1. The van der Waals surface area contributed by atoms with Gasteiger partial charge in [0, 0.05) is 13.1 Å². The number of esters is 1. The van der Waals surface area contributed by atoms with Gasteiger partial charge in [0.05, 0.1) is 18.4 Å². The Morgan fingerprint density at radius 1 is 0.879 bits per heavy atom. The summed E-state index contributed by atoms with van der Waals surface area (Å²) in [6.07, 6.45) is 1.47. The molecule has 0 aliphatic heterocycles. The number of hydrogen-bond donors (Lipinski definition) is 2. The summed E-state index contributed by atoms with van der Waals surface area (Å²) >= 11 is 0. The second kappa shape index (κ2) is 10.3. The number of carbonyl (C=O) groups excluding carboxylic acids is 1. The second-order valence-corrected chi connectivity index (χ2v) is 7.45. The highest BCUT2D eigenvalue weighted by Gasteiger charge is 2.18. The SMILES string of the molecule is COC(=O)c1ccccc1Nc1ncnc(N(Cc2ccccc2)Cc2ccccc2)c1N. The summed E-state index contributed by atoms with van der Waals surface area (Å²) in [6.45, 7) is 1.24. The van der Waals surface area contributed by atoms with Crippen LogP contribution < -0.4 is 16.0 Å². The first-order chi connectivity index (χ1) is 16.2. The third-order valence-corrected chi connectivity index (χ3v) is 5.18. The lowest BCUT2D eigenvalue weighted by atomic mass is 10.1. The lowest BCUT2D eigenvalue weighted by Crippen LogP contribution is -2.25. The highest BCUT2D eigenvalue weighted by atomic mass is 16.5. The van der Waals surface area contributed by atoms with Crippen molar-refractivity contribution in [3.8, 4) is 0 Å². The number of nitrogens with zero attached hydrogens (tertiary/aromatic N) is 3. The Morgan fingerprint density at radius 3 is 2.06 bits per heavy atom. The van der Waals surface area contributed by atoms with Crippen LogP contribution in [0.15, 0.2) is 91.3 Å². The number of ether oxygens (including phenoxy) is 1. The molecule has 4 rings (SSSR count). The van der Waals surface area contributed by atoms with E-state index in [1.54, 1.807) is 18.2 Å². The quantitative estimate of drug-likeness (QED) is 0.381. The zero-order chi connectivity index (χ0) is 23.0. The van der Waals surface area contributed by atoms with Crippen molar-refractivity contribution in [1.29, 1.82) is 0 Å². The molecule has 3 N–H and O–H groups in total. The van der Waals surface area contributed by atoms with E-state index < -0.39 is 5.97 Å². The molecule has 0 bridgehead atoms. The van der Waals surface area contributed by atoms with Crippen LogP contribution >= 0.6 is 0 Å². The third-order valence-electron chi connectivity index (χ3n) is 5.18. The number of aromatic nitrogens is 2. The monoisotopic (exact) mass is 439 g/mol. The number of anilines is 4. The van der Waals surface area contributed by atoms with E-state index in [-0.39, 0.29) is 0 Å². The topological polar surface area (TPSA) is 93.4 Å². The van der Waals surface area contributed by atoms with Crippen LogP contribution in [0.1, 0.15) is 21.5 Å². The Bertz CT molecular complexity index is 1170. The zero-order valence-electron chi connectivity index (χ0n) is 18.3. The summed E-state index contributed by atoms with van der Waals surface area (Å²) in [6, 6.07) is 27.4. The van der Waals surface area contributed by atoms with Crippen LogP contribution in [0.2, 0.25) is 0 Å². The van der Waals surface area contributed by atoms with Gasteiger partial charge in [0.1, 0.15) is 12.0 Å². The molecule has 0 spiro atoms. The number of nitrogens with one attached hydrogen (secondary N) is 1. The summed E-state index contributed by atoms with van der Waals surface area (Å²) in [5.74, 6) is 0.582. The highest BCUT2D eigenvalue weighted by molar-refractivity contribution is 5.97. The van der Waals surface area contributed by atoms with Gasteiger partial charge in [-0.25, -0.2) is 14.8 Å². The summed E-state index contributed by atoms with van der Waals surface area (Å²) in [5.41, 5.74) is 10.2. The molecule has 0 unspecified atom stereocenters. The van der Waals surface area contributed by atoms with Crippen molar-refractivity contribution in [1.82, 2.24) is 9.97 Å². The fourth-order valence-electron chi connectivity index (χ4n) is 3.56. The van der Waals surface area contributed by atoms with E-state index in [1.807, 2.05) is 42.5 Å². The fourth-order valence-corrected chi connectivity index (χ4v) is 3.56. The van der Waals surface area contributed by atoms with Gasteiger partial charge in [0.25, 0.3) is 0 Å². The third kappa shape index (κ3) is 5.27. The van der Waals surface area contributed by atoms with E-state index in [1.165, 1.54) is 13.4 Å². The van der Waals surface area contributed by atoms with Crippen LogP contribution in [-0.2, 0) is 17.8 Å². The smallest absolute Gasteiger partial charge is 0.339 e. The predicted molar refractivity (Wildman–Crippen MR) is 130 cm³/mol. The molecule has 3 aromatic carbocycles. The maximum Gasteiger partial charge on any atom is 0.339 e. The Labute approximate surface area is 192 Å². The van der Waals surface area contributed by atoms with E-state index >= 15 is 0 Å². The first-order valence-corrected chi connectivity index (χ1v) is 10.5. The van der Waals surface area contributed by atoms with Crippen LogP contribution in [0.3, 0.4) is 0 Å². The van der Waals surface area contributed by atoms with Crippen molar-refractivity contribution < 1.29 is 9.53 Å². The molecular weight excluding hydrogens is 414 g/mol. The summed E-state index contributed by atoms with van der Waals surface area (Å²) in [7, 11) is 1.35. The van der Waals surface area contributed by atoms with Gasteiger partial charge in [0.15, 0.2) is 11.6 Å². The van der Waals surface area contributed by atoms with Gasteiger partial charge in [-0.2, -0.15) is 0 Å². The Kier molecular flexibility index (Phi) is 6.80. The van der Waals surface area contributed by atoms with Gasteiger partial charge in [-0.1, -0.05) is 72.8 Å². The molecule has 4 aromatic rings. The minimum absolute atomic E-state index is 0.393. The number of methoxy groups -OCH3 is 1. The minimum atomic E-state index is -0.444.